The van der Waals surface area contributed by atoms with Gasteiger partial charge in [-0.25, -0.2) is 4.68 Å². The monoisotopic (exact) mass is 343 g/mol. The van der Waals surface area contributed by atoms with E-state index in [1.54, 1.807) is 0 Å². The number of nitrogens with one attached hydrogen (secondary N) is 1. The molecule has 1 aromatic heterocycles. The highest BCUT2D eigenvalue weighted by molar-refractivity contribution is 6.04. The number of amides is 1. The van der Waals surface area contributed by atoms with Crippen LogP contribution in [0.3, 0.4) is 0 Å². The van der Waals surface area contributed by atoms with Crippen LogP contribution in [0.4, 0.5) is 5.69 Å². The average Bonchev–Trinajstić information content (AvgIpc) is 3.38. The number of hydrogen-bond donors (Lipinski definition) is 1. The maximum absolute atomic E-state index is 12.9. The van der Waals surface area contributed by atoms with Crippen LogP contribution in [0.25, 0.3) is 5.69 Å². The Kier molecular flexibility index (Phi) is 3.63. The number of aryl methyl sites for hydroxylation is 2. The van der Waals surface area contributed by atoms with Gasteiger partial charge in [-0.3, -0.25) is 4.79 Å². The Balaban J connectivity index is 1.47. The SMILES string of the molecule is O=C(Nc1ccc2c(c1)CCC2)c1nn(-c2ccccc2)c2c1CCC2. The van der Waals surface area contributed by atoms with Crippen molar-refractivity contribution < 1.29 is 4.79 Å². The van der Waals surface area contributed by atoms with Crippen LogP contribution < -0.4 is 5.32 Å². The van der Waals surface area contributed by atoms with Gasteiger partial charge >= 0.3 is 0 Å². The lowest BCUT2D eigenvalue weighted by Crippen LogP contribution is -2.15. The molecular weight excluding hydrogens is 322 g/mol. The Morgan fingerprint density at radius 1 is 0.923 bits per heavy atom. The average molecular weight is 343 g/mol. The highest BCUT2D eigenvalue weighted by Gasteiger charge is 2.27. The van der Waals surface area contributed by atoms with Gasteiger partial charge in [0.25, 0.3) is 5.91 Å². The smallest absolute Gasteiger partial charge is 0.276 e. The van der Waals surface area contributed by atoms with Gasteiger partial charge in [0, 0.05) is 16.9 Å². The molecular formula is C22H21N3O. The molecule has 130 valence electrons. The predicted octanol–water partition coefficient (Wildman–Crippen LogP) is 4.10. The second kappa shape index (κ2) is 6.13. The molecule has 0 unspecified atom stereocenters. The number of aromatic nitrogens is 2. The van der Waals surface area contributed by atoms with Crippen LogP contribution >= 0.6 is 0 Å². The molecule has 1 heterocycles. The highest BCUT2D eigenvalue weighted by Crippen LogP contribution is 2.29. The van der Waals surface area contributed by atoms with Crippen LogP contribution in [0.5, 0.6) is 0 Å². The minimum absolute atomic E-state index is 0.101. The van der Waals surface area contributed by atoms with Crippen molar-refractivity contribution in [1.82, 2.24) is 9.78 Å². The Morgan fingerprint density at radius 3 is 2.62 bits per heavy atom. The standard InChI is InChI=1S/C22H21N3O/c26-22(23-17-13-12-15-6-4-7-16(15)14-17)21-19-10-5-11-20(19)25(24-21)18-8-2-1-3-9-18/h1-3,8-9,12-14H,4-7,10-11H2,(H,23,26). The van der Waals surface area contributed by atoms with Crippen molar-refractivity contribution in [1.29, 1.82) is 0 Å². The molecule has 0 aliphatic heterocycles. The summed E-state index contributed by atoms with van der Waals surface area (Å²) in [5, 5.41) is 7.74. The molecule has 0 radical (unpaired) electrons. The topological polar surface area (TPSA) is 46.9 Å². The minimum Gasteiger partial charge on any atom is -0.321 e. The third-order valence-electron chi connectivity index (χ3n) is 5.50. The van der Waals surface area contributed by atoms with Crippen molar-refractivity contribution in [2.75, 3.05) is 5.32 Å². The van der Waals surface area contributed by atoms with E-state index in [0.29, 0.717) is 5.69 Å². The number of nitrogens with zero attached hydrogens (tertiary/aromatic N) is 2. The molecule has 2 aliphatic rings. The first-order valence-electron chi connectivity index (χ1n) is 9.39. The molecule has 2 aromatic carbocycles. The number of carbonyl (C=O) groups is 1. The molecule has 5 rings (SSSR count). The lowest BCUT2D eigenvalue weighted by atomic mass is 10.1. The zero-order chi connectivity index (χ0) is 17.5. The number of anilines is 1. The Morgan fingerprint density at radius 2 is 1.73 bits per heavy atom. The molecule has 1 N–H and O–H groups in total. The molecule has 0 saturated heterocycles. The van der Waals surface area contributed by atoms with Crippen LogP contribution in [0.1, 0.15) is 45.7 Å². The maximum Gasteiger partial charge on any atom is 0.276 e. The minimum atomic E-state index is -0.101. The normalized spacial score (nSPS) is 14.9. The van der Waals surface area contributed by atoms with Gasteiger partial charge in [0.1, 0.15) is 0 Å². The number of para-hydroxylation sites is 1. The van der Waals surface area contributed by atoms with E-state index >= 15 is 0 Å². The van der Waals surface area contributed by atoms with Gasteiger partial charge in [-0.1, -0.05) is 24.3 Å². The summed E-state index contributed by atoms with van der Waals surface area (Å²) >= 11 is 0. The molecule has 0 fully saturated rings. The molecule has 0 spiro atoms. The molecule has 2 aliphatic carbocycles. The van der Waals surface area contributed by atoms with Gasteiger partial charge in [-0.2, -0.15) is 5.10 Å². The second-order valence-corrected chi connectivity index (χ2v) is 7.17. The first-order chi connectivity index (χ1) is 12.8. The van der Waals surface area contributed by atoms with Crippen molar-refractivity contribution in [2.24, 2.45) is 0 Å². The molecule has 4 heteroatoms. The third kappa shape index (κ3) is 2.53. The maximum atomic E-state index is 12.9. The van der Waals surface area contributed by atoms with E-state index in [1.807, 2.05) is 41.1 Å². The van der Waals surface area contributed by atoms with Gasteiger partial charge < -0.3 is 5.32 Å². The fourth-order valence-corrected chi connectivity index (χ4v) is 4.24. The fourth-order valence-electron chi connectivity index (χ4n) is 4.24. The van der Waals surface area contributed by atoms with Gasteiger partial charge in [-0.05, 0) is 73.9 Å². The molecule has 0 atom stereocenters. The van der Waals surface area contributed by atoms with Gasteiger partial charge in [0.05, 0.1) is 5.69 Å². The van der Waals surface area contributed by atoms with E-state index in [1.165, 1.54) is 23.2 Å². The summed E-state index contributed by atoms with van der Waals surface area (Å²) in [7, 11) is 0. The van der Waals surface area contributed by atoms with Gasteiger partial charge in [0.2, 0.25) is 0 Å². The van der Waals surface area contributed by atoms with Gasteiger partial charge in [-0.15, -0.1) is 0 Å². The summed E-state index contributed by atoms with van der Waals surface area (Å²) in [5.41, 5.74) is 7.52. The van der Waals surface area contributed by atoms with Gasteiger partial charge in [0.15, 0.2) is 5.69 Å². The summed E-state index contributed by atoms with van der Waals surface area (Å²) in [6.07, 6.45) is 6.45. The van der Waals surface area contributed by atoms with E-state index in [2.05, 4.69) is 22.5 Å². The van der Waals surface area contributed by atoms with Crippen molar-refractivity contribution in [3.05, 3.63) is 76.6 Å². The Labute approximate surface area is 152 Å². The predicted molar refractivity (Wildman–Crippen MR) is 102 cm³/mol. The van der Waals surface area contributed by atoms with Crippen LogP contribution in [0.15, 0.2) is 48.5 Å². The number of carbonyl (C=O) groups excluding carboxylic acids is 1. The van der Waals surface area contributed by atoms with Crippen molar-refractivity contribution in [2.45, 2.75) is 38.5 Å². The van der Waals surface area contributed by atoms with E-state index < -0.39 is 0 Å². The zero-order valence-electron chi connectivity index (χ0n) is 14.7. The van der Waals surface area contributed by atoms with E-state index in [9.17, 15) is 4.79 Å². The fraction of sp³-hybridized carbons (Fsp3) is 0.273. The number of hydrogen-bond acceptors (Lipinski definition) is 2. The summed E-state index contributed by atoms with van der Waals surface area (Å²) in [4.78, 5) is 12.9. The number of rotatable bonds is 3. The van der Waals surface area contributed by atoms with Crippen molar-refractivity contribution in [3.8, 4) is 5.69 Å². The van der Waals surface area contributed by atoms with Crippen LogP contribution in [-0.4, -0.2) is 15.7 Å². The third-order valence-corrected chi connectivity index (χ3v) is 5.50. The van der Waals surface area contributed by atoms with Crippen LogP contribution in [0, 0.1) is 0 Å². The highest BCUT2D eigenvalue weighted by atomic mass is 16.2. The molecule has 0 bridgehead atoms. The molecule has 3 aromatic rings. The first-order valence-corrected chi connectivity index (χ1v) is 9.39. The molecule has 26 heavy (non-hydrogen) atoms. The lowest BCUT2D eigenvalue weighted by Gasteiger charge is -2.07. The second-order valence-electron chi connectivity index (χ2n) is 7.17. The van der Waals surface area contributed by atoms with E-state index in [-0.39, 0.29) is 5.91 Å². The Hall–Kier alpha value is -2.88. The van der Waals surface area contributed by atoms with E-state index in [0.717, 1.165) is 49.0 Å². The quantitative estimate of drug-likeness (QED) is 0.778. The van der Waals surface area contributed by atoms with E-state index in [4.69, 9.17) is 0 Å². The number of fused-ring (bicyclic) bond motifs is 2. The zero-order valence-corrected chi connectivity index (χ0v) is 14.7. The summed E-state index contributed by atoms with van der Waals surface area (Å²) in [6, 6.07) is 16.3. The molecule has 0 saturated carbocycles. The first kappa shape index (κ1) is 15.4. The molecule has 4 nitrogen and oxygen atoms in total. The summed E-state index contributed by atoms with van der Waals surface area (Å²) in [5.74, 6) is -0.101. The lowest BCUT2D eigenvalue weighted by molar-refractivity contribution is 0.102. The van der Waals surface area contributed by atoms with Crippen molar-refractivity contribution in [3.63, 3.8) is 0 Å². The number of benzene rings is 2. The van der Waals surface area contributed by atoms with Crippen LogP contribution in [0.2, 0.25) is 0 Å². The summed E-state index contributed by atoms with van der Waals surface area (Å²) in [6.45, 7) is 0. The van der Waals surface area contributed by atoms with Crippen molar-refractivity contribution >= 4 is 11.6 Å². The summed E-state index contributed by atoms with van der Waals surface area (Å²) < 4.78 is 1.94. The Bertz CT molecular complexity index is 988. The molecule has 1 amide bonds. The largest absolute Gasteiger partial charge is 0.321 e. The van der Waals surface area contributed by atoms with Crippen LogP contribution in [-0.2, 0) is 25.7 Å².